The third-order valence-corrected chi connectivity index (χ3v) is 4.18. The van der Waals surface area contributed by atoms with Gasteiger partial charge in [0.1, 0.15) is 29.4 Å². The average Bonchev–Trinajstić information content (AvgIpc) is 2.98. The Bertz CT molecular complexity index is 941. The zero-order valence-electron chi connectivity index (χ0n) is 14.4. The third-order valence-electron chi connectivity index (χ3n) is 4.18. The molecule has 0 fully saturated rings. The molecule has 26 heavy (non-hydrogen) atoms. The quantitative estimate of drug-likeness (QED) is 0.591. The molecule has 0 radical (unpaired) electrons. The van der Waals surface area contributed by atoms with Gasteiger partial charge in [-0.1, -0.05) is 13.3 Å². The molecule has 0 aliphatic rings. The van der Waals surface area contributed by atoms with E-state index < -0.39 is 5.97 Å². The molecule has 6 heteroatoms. The van der Waals surface area contributed by atoms with Gasteiger partial charge in [0.15, 0.2) is 0 Å². The monoisotopic (exact) mass is 356 g/mol. The SMILES string of the molecule is CCCc1c(OCc2ccc(O)cc2O)ccc2c(CC(=O)O)coc12. The molecular weight excluding hydrogens is 336 g/mol. The Morgan fingerprint density at radius 3 is 2.65 bits per heavy atom. The van der Waals surface area contributed by atoms with Gasteiger partial charge < -0.3 is 24.5 Å². The highest BCUT2D eigenvalue weighted by atomic mass is 16.5. The second-order valence-corrected chi connectivity index (χ2v) is 6.10. The lowest BCUT2D eigenvalue weighted by Gasteiger charge is -2.13. The number of carboxylic acids is 1. The van der Waals surface area contributed by atoms with E-state index in [-0.39, 0.29) is 24.5 Å². The number of fused-ring (bicyclic) bond motifs is 1. The number of phenolic OH excluding ortho intramolecular Hbond substituents is 2. The zero-order chi connectivity index (χ0) is 18.7. The molecule has 0 aliphatic heterocycles. The number of furan rings is 1. The highest BCUT2D eigenvalue weighted by Gasteiger charge is 2.16. The van der Waals surface area contributed by atoms with Gasteiger partial charge in [-0.05, 0) is 30.7 Å². The summed E-state index contributed by atoms with van der Waals surface area (Å²) in [5, 5.41) is 29.0. The van der Waals surface area contributed by atoms with Gasteiger partial charge in [-0.15, -0.1) is 0 Å². The number of carboxylic acid groups (broad SMARTS) is 1. The van der Waals surface area contributed by atoms with Crippen LogP contribution in [0.1, 0.15) is 30.0 Å². The van der Waals surface area contributed by atoms with Gasteiger partial charge in [-0.2, -0.15) is 0 Å². The van der Waals surface area contributed by atoms with E-state index in [0.717, 1.165) is 17.4 Å². The average molecular weight is 356 g/mol. The number of carbonyl (C=O) groups is 1. The van der Waals surface area contributed by atoms with E-state index in [0.29, 0.717) is 28.9 Å². The van der Waals surface area contributed by atoms with Crippen molar-refractivity contribution in [1.29, 1.82) is 0 Å². The highest BCUT2D eigenvalue weighted by Crippen LogP contribution is 2.34. The Morgan fingerprint density at radius 2 is 1.96 bits per heavy atom. The lowest BCUT2D eigenvalue weighted by Crippen LogP contribution is -2.01. The predicted octanol–water partition coefficient (Wildman–Crippen LogP) is 4.00. The third kappa shape index (κ3) is 3.59. The normalized spacial score (nSPS) is 11.0. The van der Waals surface area contributed by atoms with Gasteiger partial charge in [0.25, 0.3) is 0 Å². The van der Waals surface area contributed by atoms with Crippen LogP contribution in [0.5, 0.6) is 17.2 Å². The summed E-state index contributed by atoms with van der Waals surface area (Å²) in [6.45, 7) is 2.17. The fraction of sp³-hybridized carbons (Fsp3) is 0.250. The molecule has 0 amide bonds. The van der Waals surface area contributed by atoms with Gasteiger partial charge in [-0.25, -0.2) is 0 Å². The molecule has 136 valence electrons. The Balaban J connectivity index is 1.92. The predicted molar refractivity (Wildman–Crippen MR) is 95.7 cm³/mol. The van der Waals surface area contributed by atoms with Crippen LogP contribution in [0.3, 0.4) is 0 Å². The van der Waals surface area contributed by atoms with Crippen LogP contribution in [0, 0.1) is 0 Å². The van der Waals surface area contributed by atoms with Crippen molar-refractivity contribution in [2.75, 3.05) is 0 Å². The van der Waals surface area contributed by atoms with E-state index in [4.69, 9.17) is 14.3 Å². The smallest absolute Gasteiger partial charge is 0.307 e. The fourth-order valence-electron chi connectivity index (χ4n) is 2.94. The van der Waals surface area contributed by atoms with Gasteiger partial charge in [0.05, 0.1) is 12.7 Å². The van der Waals surface area contributed by atoms with Crippen LogP contribution < -0.4 is 4.74 Å². The molecule has 6 nitrogen and oxygen atoms in total. The van der Waals surface area contributed by atoms with Gasteiger partial charge in [0, 0.05) is 28.1 Å². The summed E-state index contributed by atoms with van der Waals surface area (Å²) in [6.07, 6.45) is 2.97. The van der Waals surface area contributed by atoms with Crippen LogP contribution in [0.2, 0.25) is 0 Å². The first-order valence-electron chi connectivity index (χ1n) is 8.37. The molecule has 0 unspecified atom stereocenters. The molecule has 3 rings (SSSR count). The van der Waals surface area contributed by atoms with Gasteiger partial charge >= 0.3 is 5.97 Å². The van der Waals surface area contributed by atoms with Crippen LogP contribution in [-0.2, 0) is 24.2 Å². The number of aliphatic carboxylic acids is 1. The van der Waals surface area contributed by atoms with Gasteiger partial charge in [0.2, 0.25) is 0 Å². The van der Waals surface area contributed by atoms with E-state index in [1.54, 1.807) is 18.2 Å². The Morgan fingerprint density at radius 1 is 1.15 bits per heavy atom. The Hall–Kier alpha value is -3.15. The largest absolute Gasteiger partial charge is 0.508 e. The second kappa shape index (κ2) is 7.39. The first kappa shape index (κ1) is 17.7. The molecule has 2 aromatic carbocycles. The standard InChI is InChI=1S/C20H20O6/c1-2-3-16-18(25-10-12-4-5-14(21)9-17(12)22)7-6-15-13(8-19(23)24)11-26-20(15)16/h4-7,9,11,21-22H,2-3,8,10H2,1H3,(H,23,24). The topological polar surface area (TPSA) is 100 Å². The first-order chi connectivity index (χ1) is 12.5. The molecule has 0 spiro atoms. The number of rotatable bonds is 7. The summed E-state index contributed by atoms with van der Waals surface area (Å²) in [6, 6.07) is 7.94. The maximum Gasteiger partial charge on any atom is 0.307 e. The minimum absolute atomic E-state index is 0.0131. The molecule has 0 bridgehead atoms. The lowest BCUT2D eigenvalue weighted by molar-refractivity contribution is -0.136. The molecule has 0 saturated heterocycles. The van der Waals surface area contributed by atoms with Crippen molar-refractivity contribution in [3.8, 4) is 17.2 Å². The van der Waals surface area contributed by atoms with Crippen LogP contribution >= 0.6 is 0 Å². The summed E-state index contributed by atoms with van der Waals surface area (Å²) >= 11 is 0. The minimum atomic E-state index is -0.909. The maximum atomic E-state index is 11.0. The summed E-state index contributed by atoms with van der Waals surface area (Å²) in [5.41, 5.74) is 2.69. The first-order valence-corrected chi connectivity index (χ1v) is 8.37. The number of aryl methyl sites for hydroxylation is 1. The number of benzene rings is 2. The van der Waals surface area contributed by atoms with Crippen molar-refractivity contribution in [1.82, 2.24) is 0 Å². The van der Waals surface area contributed by atoms with Crippen molar-refractivity contribution in [3.05, 3.63) is 53.3 Å². The summed E-state index contributed by atoms with van der Waals surface area (Å²) in [7, 11) is 0. The molecule has 3 aromatic rings. The Labute approximate surface area is 150 Å². The van der Waals surface area contributed by atoms with Crippen molar-refractivity contribution in [2.45, 2.75) is 32.8 Å². The van der Waals surface area contributed by atoms with Crippen LogP contribution in [0.25, 0.3) is 11.0 Å². The van der Waals surface area contributed by atoms with Crippen molar-refractivity contribution in [2.24, 2.45) is 0 Å². The lowest BCUT2D eigenvalue weighted by atomic mass is 10.0. The maximum absolute atomic E-state index is 11.0. The number of aromatic hydroxyl groups is 2. The van der Waals surface area contributed by atoms with E-state index >= 15 is 0 Å². The van der Waals surface area contributed by atoms with Crippen molar-refractivity contribution in [3.63, 3.8) is 0 Å². The molecule has 1 heterocycles. The minimum Gasteiger partial charge on any atom is -0.508 e. The van der Waals surface area contributed by atoms with E-state index in [1.807, 2.05) is 6.92 Å². The van der Waals surface area contributed by atoms with Crippen LogP contribution in [0.15, 0.2) is 41.0 Å². The summed E-state index contributed by atoms with van der Waals surface area (Å²) in [5.74, 6) is -0.332. The molecule has 0 saturated carbocycles. The summed E-state index contributed by atoms with van der Waals surface area (Å²) < 4.78 is 11.5. The van der Waals surface area contributed by atoms with E-state index in [9.17, 15) is 15.0 Å². The van der Waals surface area contributed by atoms with E-state index in [2.05, 4.69) is 0 Å². The van der Waals surface area contributed by atoms with Crippen LogP contribution in [-0.4, -0.2) is 21.3 Å². The second-order valence-electron chi connectivity index (χ2n) is 6.10. The number of ether oxygens (including phenoxy) is 1. The van der Waals surface area contributed by atoms with Gasteiger partial charge in [-0.3, -0.25) is 4.79 Å². The number of phenols is 2. The van der Waals surface area contributed by atoms with Crippen LogP contribution in [0.4, 0.5) is 0 Å². The van der Waals surface area contributed by atoms with Crippen molar-refractivity contribution < 1.29 is 29.3 Å². The molecule has 1 aromatic heterocycles. The van der Waals surface area contributed by atoms with E-state index in [1.165, 1.54) is 18.4 Å². The molecular formula is C20H20O6. The highest BCUT2D eigenvalue weighted by molar-refractivity contribution is 5.88. The number of hydrogen-bond acceptors (Lipinski definition) is 5. The van der Waals surface area contributed by atoms with Crippen molar-refractivity contribution >= 4 is 16.9 Å². The molecule has 3 N–H and O–H groups in total. The molecule has 0 atom stereocenters. The zero-order valence-corrected chi connectivity index (χ0v) is 14.4. The summed E-state index contributed by atoms with van der Waals surface area (Å²) in [4.78, 5) is 11.0. The fourth-order valence-corrected chi connectivity index (χ4v) is 2.94. The number of hydrogen-bond donors (Lipinski definition) is 3. The molecule has 0 aliphatic carbocycles. The Kier molecular flexibility index (Phi) is 5.02.